The summed E-state index contributed by atoms with van der Waals surface area (Å²) in [7, 11) is 3.18. The van der Waals surface area contributed by atoms with E-state index in [2.05, 4.69) is 4.74 Å². The predicted molar refractivity (Wildman–Crippen MR) is 70.5 cm³/mol. The number of methoxy groups -OCH3 is 1. The number of carbonyl (C=O) groups excluding carboxylic acids is 1. The highest BCUT2D eigenvalue weighted by atomic mass is 16.5. The second kappa shape index (κ2) is 5.42. The molecule has 0 saturated carbocycles. The quantitative estimate of drug-likeness (QED) is 0.811. The molecule has 5 nitrogen and oxygen atoms in total. The number of esters is 1. The molecule has 1 aromatic carbocycles. The Balaban J connectivity index is 2.20. The van der Waals surface area contributed by atoms with Crippen LogP contribution in [0.1, 0.15) is 18.1 Å². The van der Waals surface area contributed by atoms with E-state index in [-0.39, 0.29) is 6.42 Å². The zero-order valence-electron chi connectivity index (χ0n) is 10.9. The number of carbonyl (C=O) groups is 1. The van der Waals surface area contributed by atoms with Crippen LogP contribution in [0.15, 0.2) is 30.5 Å². The fourth-order valence-corrected chi connectivity index (χ4v) is 2.07. The van der Waals surface area contributed by atoms with Gasteiger partial charge in [-0.2, -0.15) is 0 Å². The van der Waals surface area contributed by atoms with Crippen molar-refractivity contribution in [3.8, 4) is 0 Å². The van der Waals surface area contributed by atoms with Crippen LogP contribution in [-0.2, 0) is 16.6 Å². The maximum atomic E-state index is 11.1. The van der Waals surface area contributed by atoms with E-state index in [0.29, 0.717) is 5.56 Å². The van der Waals surface area contributed by atoms with Gasteiger partial charge >= 0.3 is 5.97 Å². The van der Waals surface area contributed by atoms with Gasteiger partial charge in [-0.15, -0.1) is 0 Å². The Bertz CT molecular complexity index is 590. The molecule has 5 heteroatoms. The second-order valence-electron chi connectivity index (χ2n) is 4.54. The molecule has 1 heterocycles. The Morgan fingerprint density at radius 2 is 2.11 bits per heavy atom. The lowest BCUT2D eigenvalue weighted by Crippen LogP contribution is -2.22. The van der Waals surface area contributed by atoms with E-state index in [9.17, 15) is 15.0 Å². The van der Waals surface area contributed by atoms with Crippen molar-refractivity contribution in [2.24, 2.45) is 7.05 Å². The Labute approximate surface area is 111 Å². The molecule has 1 aromatic heterocycles. The standard InChI is InChI=1S/C14H17NO4/c1-15-6-5-9-7-10(3-4-11(9)15)14(18)12(16)8-13(17)19-2/h3-7,12,14,16,18H,8H2,1-2H3. The van der Waals surface area contributed by atoms with Gasteiger partial charge in [-0.25, -0.2) is 0 Å². The summed E-state index contributed by atoms with van der Waals surface area (Å²) < 4.78 is 6.44. The number of rotatable bonds is 4. The maximum Gasteiger partial charge on any atom is 0.308 e. The highest BCUT2D eigenvalue weighted by molar-refractivity contribution is 5.81. The summed E-state index contributed by atoms with van der Waals surface area (Å²) in [6, 6.07) is 7.35. The number of aromatic nitrogens is 1. The normalized spacial score (nSPS) is 14.3. The molecule has 0 fully saturated rings. The third-order valence-corrected chi connectivity index (χ3v) is 3.22. The maximum absolute atomic E-state index is 11.1. The smallest absolute Gasteiger partial charge is 0.308 e. The Morgan fingerprint density at radius 3 is 2.79 bits per heavy atom. The van der Waals surface area contributed by atoms with Gasteiger partial charge in [0, 0.05) is 18.8 Å². The van der Waals surface area contributed by atoms with E-state index in [1.54, 1.807) is 12.1 Å². The van der Waals surface area contributed by atoms with Crippen LogP contribution >= 0.6 is 0 Å². The summed E-state index contributed by atoms with van der Waals surface area (Å²) in [5, 5.41) is 20.8. The molecule has 2 aromatic rings. The summed E-state index contributed by atoms with van der Waals surface area (Å²) in [6.45, 7) is 0. The van der Waals surface area contributed by atoms with E-state index in [4.69, 9.17) is 0 Å². The number of benzene rings is 1. The van der Waals surface area contributed by atoms with Gasteiger partial charge in [-0.05, 0) is 29.1 Å². The monoisotopic (exact) mass is 263 g/mol. The Hall–Kier alpha value is -1.85. The minimum atomic E-state index is -1.17. The van der Waals surface area contributed by atoms with Crippen molar-refractivity contribution in [1.82, 2.24) is 4.57 Å². The molecule has 19 heavy (non-hydrogen) atoms. The number of aliphatic hydroxyl groups is 2. The molecular formula is C14H17NO4. The summed E-state index contributed by atoms with van der Waals surface area (Å²) >= 11 is 0. The van der Waals surface area contributed by atoms with Crippen LogP contribution in [0.4, 0.5) is 0 Å². The summed E-state index contributed by atoms with van der Waals surface area (Å²) in [6.07, 6.45) is -0.590. The SMILES string of the molecule is COC(=O)CC(O)C(O)c1ccc2c(ccn2C)c1. The molecule has 102 valence electrons. The lowest BCUT2D eigenvalue weighted by Gasteiger charge is -2.17. The van der Waals surface area contributed by atoms with Crippen molar-refractivity contribution in [1.29, 1.82) is 0 Å². The molecule has 0 saturated heterocycles. The highest BCUT2D eigenvalue weighted by Gasteiger charge is 2.22. The number of hydrogen-bond acceptors (Lipinski definition) is 4. The minimum Gasteiger partial charge on any atom is -0.469 e. The summed E-state index contributed by atoms with van der Waals surface area (Å²) in [5.41, 5.74) is 1.62. The lowest BCUT2D eigenvalue weighted by atomic mass is 10.0. The summed E-state index contributed by atoms with van der Waals surface area (Å²) in [5.74, 6) is -0.549. The Morgan fingerprint density at radius 1 is 1.37 bits per heavy atom. The fourth-order valence-electron chi connectivity index (χ4n) is 2.07. The van der Waals surface area contributed by atoms with Gasteiger partial charge < -0.3 is 19.5 Å². The van der Waals surface area contributed by atoms with Crippen molar-refractivity contribution in [3.63, 3.8) is 0 Å². The van der Waals surface area contributed by atoms with Gasteiger partial charge in [0.25, 0.3) is 0 Å². The fraction of sp³-hybridized carbons (Fsp3) is 0.357. The number of aliphatic hydroxyl groups excluding tert-OH is 2. The molecule has 0 radical (unpaired) electrons. The van der Waals surface area contributed by atoms with Crippen LogP contribution in [0.5, 0.6) is 0 Å². The van der Waals surface area contributed by atoms with Crippen LogP contribution in [0.25, 0.3) is 10.9 Å². The van der Waals surface area contributed by atoms with Gasteiger partial charge in [0.15, 0.2) is 0 Å². The van der Waals surface area contributed by atoms with E-state index in [0.717, 1.165) is 10.9 Å². The van der Waals surface area contributed by atoms with Gasteiger partial charge in [0.1, 0.15) is 6.10 Å². The van der Waals surface area contributed by atoms with Crippen molar-refractivity contribution in [3.05, 3.63) is 36.0 Å². The summed E-state index contributed by atoms with van der Waals surface area (Å²) in [4.78, 5) is 11.1. The molecule has 0 amide bonds. The predicted octanol–water partition coefficient (Wildman–Crippen LogP) is 1.14. The van der Waals surface area contributed by atoms with E-state index >= 15 is 0 Å². The lowest BCUT2D eigenvalue weighted by molar-refractivity contribution is -0.144. The van der Waals surface area contributed by atoms with Crippen LogP contribution in [0.3, 0.4) is 0 Å². The van der Waals surface area contributed by atoms with Crippen LogP contribution in [0.2, 0.25) is 0 Å². The van der Waals surface area contributed by atoms with Gasteiger partial charge in [0.05, 0.1) is 19.6 Å². The van der Waals surface area contributed by atoms with Crippen LogP contribution in [0, 0.1) is 0 Å². The number of aryl methyl sites for hydroxylation is 1. The van der Waals surface area contributed by atoms with Crippen LogP contribution in [-0.4, -0.2) is 34.0 Å². The highest BCUT2D eigenvalue weighted by Crippen LogP contribution is 2.24. The number of nitrogens with zero attached hydrogens (tertiary/aromatic N) is 1. The van der Waals surface area contributed by atoms with Gasteiger partial charge in [0.2, 0.25) is 0 Å². The molecule has 0 spiro atoms. The molecule has 2 unspecified atom stereocenters. The van der Waals surface area contributed by atoms with E-state index in [1.165, 1.54) is 7.11 Å². The third kappa shape index (κ3) is 2.77. The molecule has 0 aliphatic heterocycles. The van der Waals surface area contributed by atoms with Gasteiger partial charge in [-0.1, -0.05) is 6.07 Å². The van der Waals surface area contributed by atoms with E-state index in [1.807, 2.05) is 29.9 Å². The van der Waals surface area contributed by atoms with Gasteiger partial charge in [-0.3, -0.25) is 4.79 Å². The van der Waals surface area contributed by atoms with Crippen molar-refractivity contribution in [2.75, 3.05) is 7.11 Å². The molecule has 2 rings (SSSR count). The number of fused-ring (bicyclic) bond motifs is 1. The zero-order valence-corrected chi connectivity index (χ0v) is 10.9. The van der Waals surface area contributed by atoms with E-state index < -0.39 is 18.2 Å². The number of ether oxygens (including phenoxy) is 1. The number of hydrogen-bond donors (Lipinski definition) is 2. The average Bonchev–Trinajstić information content (AvgIpc) is 2.78. The molecule has 0 bridgehead atoms. The first-order valence-corrected chi connectivity index (χ1v) is 6.01. The second-order valence-corrected chi connectivity index (χ2v) is 4.54. The molecule has 2 atom stereocenters. The molecule has 0 aliphatic rings. The average molecular weight is 263 g/mol. The van der Waals surface area contributed by atoms with Crippen molar-refractivity contribution < 1.29 is 19.7 Å². The third-order valence-electron chi connectivity index (χ3n) is 3.22. The molecule has 2 N–H and O–H groups in total. The first kappa shape index (κ1) is 13.6. The van der Waals surface area contributed by atoms with Crippen molar-refractivity contribution >= 4 is 16.9 Å². The largest absolute Gasteiger partial charge is 0.469 e. The first-order valence-electron chi connectivity index (χ1n) is 6.01. The first-order chi connectivity index (χ1) is 9.02. The molecule has 0 aliphatic carbocycles. The minimum absolute atomic E-state index is 0.232. The van der Waals surface area contributed by atoms with Crippen molar-refractivity contribution in [2.45, 2.75) is 18.6 Å². The topological polar surface area (TPSA) is 71.7 Å². The van der Waals surface area contributed by atoms with Crippen LogP contribution < -0.4 is 0 Å². The Kier molecular flexibility index (Phi) is 3.87. The zero-order chi connectivity index (χ0) is 14.0. The molecular weight excluding hydrogens is 246 g/mol.